The van der Waals surface area contributed by atoms with Crippen LogP contribution < -0.4 is 15.8 Å². The molecule has 8 heteroatoms. The number of aryl methyl sites for hydroxylation is 2. The van der Waals surface area contributed by atoms with Gasteiger partial charge < -0.3 is 10.5 Å². The zero-order valence-corrected chi connectivity index (χ0v) is 15.7. The molecule has 27 heavy (non-hydrogen) atoms. The summed E-state index contributed by atoms with van der Waals surface area (Å²) in [6.07, 6.45) is 0. The lowest BCUT2D eigenvalue weighted by atomic mass is 10.1. The summed E-state index contributed by atoms with van der Waals surface area (Å²) in [6, 6.07) is 12.5. The number of carbonyl (C=O) groups excluding carboxylic acids is 2. The van der Waals surface area contributed by atoms with Gasteiger partial charge in [0.1, 0.15) is 10.8 Å². The van der Waals surface area contributed by atoms with Crippen LogP contribution in [0.15, 0.2) is 42.5 Å². The molecule has 2 amide bonds. The number of anilines is 1. The molecule has 1 aromatic heterocycles. The highest BCUT2D eigenvalue weighted by atomic mass is 32.1. The van der Waals surface area contributed by atoms with Crippen molar-refractivity contribution >= 4 is 28.3 Å². The second-order valence-electron chi connectivity index (χ2n) is 5.96. The van der Waals surface area contributed by atoms with Crippen LogP contribution in [0.2, 0.25) is 0 Å². The van der Waals surface area contributed by atoms with E-state index < -0.39 is 5.91 Å². The molecule has 1 heterocycles. The monoisotopic (exact) mass is 382 g/mol. The van der Waals surface area contributed by atoms with Crippen molar-refractivity contribution in [1.82, 2.24) is 10.2 Å². The molecule has 3 N–H and O–H groups in total. The minimum absolute atomic E-state index is 0.211. The summed E-state index contributed by atoms with van der Waals surface area (Å²) < 4.78 is 5.17. The van der Waals surface area contributed by atoms with E-state index in [1.54, 1.807) is 24.3 Å². The van der Waals surface area contributed by atoms with Crippen molar-refractivity contribution in [3.8, 4) is 16.3 Å². The molecule has 3 rings (SSSR count). The summed E-state index contributed by atoms with van der Waals surface area (Å²) >= 11 is 1.31. The normalized spacial score (nSPS) is 10.4. The SMILES string of the molecule is Cc1ccc(-c2nnc(NC(=O)c3ccc(OCC(N)=O)cc3)s2)c(C)c1. The first-order valence-electron chi connectivity index (χ1n) is 8.16. The third-order valence-corrected chi connectivity index (χ3v) is 4.63. The van der Waals surface area contributed by atoms with E-state index in [1.165, 1.54) is 16.9 Å². The smallest absolute Gasteiger partial charge is 0.257 e. The maximum absolute atomic E-state index is 12.4. The maximum atomic E-state index is 12.4. The van der Waals surface area contributed by atoms with E-state index in [-0.39, 0.29) is 12.5 Å². The average molecular weight is 382 g/mol. The molecule has 0 aliphatic rings. The van der Waals surface area contributed by atoms with Crippen LogP contribution in [-0.2, 0) is 4.79 Å². The number of carbonyl (C=O) groups is 2. The van der Waals surface area contributed by atoms with Gasteiger partial charge in [-0.05, 0) is 43.7 Å². The number of aromatic nitrogens is 2. The van der Waals surface area contributed by atoms with Crippen LogP contribution in [0.4, 0.5) is 5.13 Å². The summed E-state index contributed by atoms with van der Waals surface area (Å²) in [5.41, 5.74) is 8.74. The number of nitrogens with zero attached hydrogens (tertiary/aromatic N) is 2. The molecule has 3 aromatic rings. The molecule has 0 aliphatic heterocycles. The number of benzene rings is 2. The lowest BCUT2D eigenvalue weighted by molar-refractivity contribution is -0.119. The lowest BCUT2D eigenvalue weighted by Crippen LogP contribution is -2.20. The van der Waals surface area contributed by atoms with Gasteiger partial charge in [0.2, 0.25) is 5.13 Å². The maximum Gasteiger partial charge on any atom is 0.257 e. The lowest BCUT2D eigenvalue weighted by Gasteiger charge is -2.05. The fraction of sp³-hybridized carbons (Fsp3) is 0.158. The van der Waals surface area contributed by atoms with Gasteiger partial charge in [-0.3, -0.25) is 14.9 Å². The van der Waals surface area contributed by atoms with Crippen molar-refractivity contribution in [1.29, 1.82) is 0 Å². The fourth-order valence-corrected chi connectivity index (χ4v) is 3.29. The minimum atomic E-state index is -0.562. The molecule has 0 saturated heterocycles. The van der Waals surface area contributed by atoms with Crippen molar-refractivity contribution in [2.24, 2.45) is 5.73 Å². The number of ether oxygens (including phenoxy) is 1. The molecule has 7 nitrogen and oxygen atoms in total. The molecule has 0 radical (unpaired) electrons. The first-order valence-corrected chi connectivity index (χ1v) is 8.97. The number of hydrogen-bond acceptors (Lipinski definition) is 6. The Morgan fingerprint density at radius 2 is 1.85 bits per heavy atom. The van der Waals surface area contributed by atoms with E-state index in [9.17, 15) is 9.59 Å². The van der Waals surface area contributed by atoms with Crippen molar-refractivity contribution < 1.29 is 14.3 Å². The van der Waals surface area contributed by atoms with E-state index in [0.29, 0.717) is 16.4 Å². The van der Waals surface area contributed by atoms with Gasteiger partial charge in [-0.15, -0.1) is 10.2 Å². The Labute approximate surface area is 160 Å². The highest BCUT2D eigenvalue weighted by molar-refractivity contribution is 7.18. The number of nitrogens with two attached hydrogens (primary N) is 1. The zero-order valence-electron chi connectivity index (χ0n) is 14.9. The van der Waals surface area contributed by atoms with Crippen LogP contribution in [0.1, 0.15) is 21.5 Å². The van der Waals surface area contributed by atoms with Crippen LogP contribution in [0.25, 0.3) is 10.6 Å². The number of amides is 2. The van der Waals surface area contributed by atoms with Crippen molar-refractivity contribution in [2.45, 2.75) is 13.8 Å². The summed E-state index contributed by atoms with van der Waals surface area (Å²) in [5, 5.41) is 12.1. The minimum Gasteiger partial charge on any atom is -0.484 e. The molecule has 0 atom stereocenters. The summed E-state index contributed by atoms with van der Waals surface area (Å²) in [5.74, 6) is -0.411. The largest absolute Gasteiger partial charge is 0.484 e. The Kier molecular flexibility index (Phi) is 5.46. The Hall–Kier alpha value is -3.26. The highest BCUT2D eigenvalue weighted by Gasteiger charge is 2.13. The topological polar surface area (TPSA) is 107 Å². The molecule has 0 spiro atoms. The fourth-order valence-electron chi connectivity index (χ4n) is 2.46. The average Bonchev–Trinajstić information content (AvgIpc) is 3.08. The Morgan fingerprint density at radius 1 is 1.11 bits per heavy atom. The van der Waals surface area contributed by atoms with Crippen LogP contribution in [-0.4, -0.2) is 28.6 Å². The van der Waals surface area contributed by atoms with Crippen molar-refractivity contribution in [3.05, 3.63) is 59.2 Å². The molecule has 0 saturated carbocycles. The molecule has 0 fully saturated rings. The van der Waals surface area contributed by atoms with E-state index in [0.717, 1.165) is 16.1 Å². The summed E-state index contributed by atoms with van der Waals surface area (Å²) in [4.78, 5) is 23.1. The van der Waals surface area contributed by atoms with Gasteiger partial charge in [0.05, 0.1) is 0 Å². The number of primary amides is 1. The predicted molar refractivity (Wildman–Crippen MR) is 104 cm³/mol. The Balaban J connectivity index is 1.68. The van der Waals surface area contributed by atoms with Gasteiger partial charge in [0.15, 0.2) is 6.61 Å². The number of rotatable bonds is 6. The quantitative estimate of drug-likeness (QED) is 0.681. The predicted octanol–water partition coefficient (Wildman–Crippen LogP) is 2.94. The van der Waals surface area contributed by atoms with Crippen LogP contribution in [0, 0.1) is 13.8 Å². The molecule has 0 bridgehead atoms. The van der Waals surface area contributed by atoms with Crippen LogP contribution in [0.3, 0.4) is 0 Å². The van der Waals surface area contributed by atoms with E-state index in [2.05, 4.69) is 21.6 Å². The van der Waals surface area contributed by atoms with E-state index in [1.807, 2.05) is 26.0 Å². The van der Waals surface area contributed by atoms with Gasteiger partial charge in [-0.25, -0.2) is 0 Å². The third-order valence-electron chi connectivity index (χ3n) is 3.76. The number of hydrogen-bond donors (Lipinski definition) is 2. The Bertz CT molecular complexity index is 983. The van der Waals surface area contributed by atoms with Gasteiger partial charge >= 0.3 is 0 Å². The molecule has 2 aromatic carbocycles. The van der Waals surface area contributed by atoms with Crippen molar-refractivity contribution in [3.63, 3.8) is 0 Å². The summed E-state index contributed by atoms with van der Waals surface area (Å²) in [6.45, 7) is 3.84. The first kappa shape index (κ1) is 18.5. The third kappa shape index (κ3) is 4.68. The zero-order chi connectivity index (χ0) is 19.4. The van der Waals surface area contributed by atoms with Crippen LogP contribution >= 0.6 is 11.3 Å². The molecular weight excluding hydrogens is 364 g/mol. The van der Waals surface area contributed by atoms with Gasteiger partial charge in [0, 0.05) is 11.1 Å². The first-order chi connectivity index (χ1) is 12.9. The Morgan fingerprint density at radius 3 is 2.52 bits per heavy atom. The molecule has 138 valence electrons. The van der Waals surface area contributed by atoms with Gasteiger partial charge in [0.25, 0.3) is 11.8 Å². The standard InChI is InChI=1S/C19H18N4O3S/c1-11-3-8-15(12(2)9-11)18-22-23-19(27-18)21-17(25)13-4-6-14(7-5-13)26-10-16(20)24/h3-9H,10H2,1-2H3,(H2,20,24)(H,21,23,25). The van der Waals surface area contributed by atoms with Crippen molar-refractivity contribution in [2.75, 3.05) is 11.9 Å². The second-order valence-corrected chi connectivity index (χ2v) is 6.94. The van der Waals surface area contributed by atoms with Gasteiger partial charge in [-0.2, -0.15) is 0 Å². The second kappa shape index (κ2) is 7.96. The highest BCUT2D eigenvalue weighted by Crippen LogP contribution is 2.29. The van der Waals surface area contributed by atoms with Crippen LogP contribution in [0.5, 0.6) is 5.75 Å². The van der Waals surface area contributed by atoms with E-state index >= 15 is 0 Å². The molecule has 0 aliphatic carbocycles. The molecule has 0 unspecified atom stereocenters. The van der Waals surface area contributed by atoms with Gasteiger partial charge in [-0.1, -0.05) is 35.1 Å². The summed E-state index contributed by atoms with van der Waals surface area (Å²) in [7, 11) is 0. The molecular formula is C19H18N4O3S. The number of nitrogens with one attached hydrogen (secondary N) is 1. The van der Waals surface area contributed by atoms with E-state index in [4.69, 9.17) is 10.5 Å².